The molecular formula is C19H21ClFN5O2. The summed E-state index contributed by atoms with van der Waals surface area (Å²) in [7, 11) is 0. The maximum Gasteiger partial charge on any atom is 0.255 e. The van der Waals surface area contributed by atoms with Crippen molar-refractivity contribution in [2.24, 2.45) is 0 Å². The van der Waals surface area contributed by atoms with Crippen LogP contribution in [0.4, 0.5) is 16.0 Å². The topological polar surface area (TPSA) is 61.8 Å². The highest BCUT2D eigenvalue weighted by Crippen LogP contribution is 2.22. The number of nitrogens with zero attached hydrogens (tertiary/aromatic N) is 5. The monoisotopic (exact) mass is 405 g/mol. The van der Waals surface area contributed by atoms with Crippen LogP contribution in [0.1, 0.15) is 10.4 Å². The molecule has 0 spiro atoms. The summed E-state index contributed by atoms with van der Waals surface area (Å²) in [4.78, 5) is 27.5. The van der Waals surface area contributed by atoms with Crippen LogP contribution in [0, 0.1) is 5.82 Å². The number of rotatable bonds is 3. The summed E-state index contributed by atoms with van der Waals surface area (Å²) < 4.78 is 18.6. The summed E-state index contributed by atoms with van der Waals surface area (Å²) in [5.74, 6) is 1.11. The van der Waals surface area contributed by atoms with Gasteiger partial charge < -0.3 is 19.4 Å². The molecule has 2 aliphatic heterocycles. The molecule has 0 atom stereocenters. The first-order valence-electron chi connectivity index (χ1n) is 9.26. The molecule has 0 unspecified atom stereocenters. The summed E-state index contributed by atoms with van der Waals surface area (Å²) in [5, 5.41) is 0.137. The second kappa shape index (κ2) is 8.28. The molecule has 7 nitrogen and oxygen atoms in total. The molecular weight excluding hydrogens is 385 g/mol. The van der Waals surface area contributed by atoms with Gasteiger partial charge in [-0.15, -0.1) is 0 Å². The lowest BCUT2D eigenvalue weighted by molar-refractivity contribution is 0.0746. The van der Waals surface area contributed by atoms with E-state index in [9.17, 15) is 9.18 Å². The quantitative estimate of drug-likeness (QED) is 0.779. The Bertz CT molecular complexity index is 854. The van der Waals surface area contributed by atoms with Crippen molar-refractivity contribution in [3.05, 3.63) is 47.0 Å². The number of aromatic nitrogens is 2. The number of morpholine rings is 1. The number of ether oxygens (including phenoxy) is 1. The fraction of sp³-hybridized carbons (Fsp3) is 0.421. The number of carbonyl (C=O) groups excluding carboxylic acids is 1. The molecule has 0 radical (unpaired) electrons. The van der Waals surface area contributed by atoms with Gasteiger partial charge in [0.25, 0.3) is 5.91 Å². The van der Waals surface area contributed by atoms with E-state index in [1.54, 1.807) is 11.2 Å². The van der Waals surface area contributed by atoms with Gasteiger partial charge in [-0.25, -0.2) is 14.4 Å². The van der Waals surface area contributed by atoms with E-state index in [-0.39, 0.29) is 10.9 Å². The molecule has 1 aromatic carbocycles. The standard InChI is InChI=1S/C19H21ClFN5O2/c20-16-11-14(21)1-2-15(16)19(27)26-5-3-24(4-6-26)17-12-18(23-13-22-17)25-7-9-28-10-8-25/h1-2,11-13H,3-10H2. The Morgan fingerprint density at radius 1 is 0.964 bits per heavy atom. The number of halogens is 2. The second-order valence-corrected chi connectivity index (χ2v) is 7.14. The molecule has 148 valence electrons. The largest absolute Gasteiger partial charge is 0.378 e. The minimum Gasteiger partial charge on any atom is -0.378 e. The number of anilines is 2. The first-order valence-corrected chi connectivity index (χ1v) is 9.63. The van der Waals surface area contributed by atoms with Crippen molar-refractivity contribution in [3.8, 4) is 0 Å². The van der Waals surface area contributed by atoms with Gasteiger partial charge in [0.15, 0.2) is 0 Å². The Labute approximate surface area is 167 Å². The van der Waals surface area contributed by atoms with Crippen molar-refractivity contribution >= 4 is 29.1 Å². The maximum atomic E-state index is 13.2. The number of carbonyl (C=O) groups is 1. The molecule has 28 heavy (non-hydrogen) atoms. The zero-order chi connectivity index (χ0) is 19.5. The predicted octanol–water partition coefficient (Wildman–Crippen LogP) is 2.07. The lowest BCUT2D eigenvalue weighted by Crippen LogP contribution is -2.49. The third-order valence-electron chi connectivity index (χ3n) is 5.03. The van der Waals surface area contributed by atoms with E-state index in [1.807, 2.05) is 6.07 Å². The van der Waals surface area contributed by atoms with E-state index in [2.05, 4.69) is 19.8 Å². The summed E-state index contributed by atoms with van der Waals surface area (Å²) in [6, 6.07) is 5.84. The minimum atomic E-state index is -0.453. The molecule has 1 amide bonds. The molecule has 3 heterocycles. The Kier molecular flexibility index (Phi) is 5.59. The minimum absolute atomic E-state index is 0.137. The Morgan fingerprint density at radius 3 is 2.25 bits per heavy atom. The van der Waals surface area contributed by atoms with E-state index in [1.165, 1.54) is 18.2 Å². The molecule has 9 heteroatoms. The van der Waals surface area contributed by atoms with Crippen LogP contribution in [0.15, 0.2) is 30.6 Å². The van der Waals surface area contributed by atoms with Crippen molar-refractivity contribution in [2.75, 3.05) is 62.3 Å². The van der Waals surface area contributed by atoms with E-state index < -0.39 is 5.82 Å². The molecule has 0 N–H and O–H groups in total. The fourth-order valence-electron chi connectivity index (χ4n) is 3.45. The Balaban J connectivity index is 1.40. The van der Waals surface area contributed by atoms with Crippen molar-refractivity contribution < 1.29 is 13.9 Å². The number of hydrogen-bond donors (Lipinski definition) is 0. The van der Waals surface area contributed by atoms with Crippen molar-refractivity contribution in [1.29, 1.82) is 0 Å². The SMILES string of the molecule is O=C(c1ccc(F)cc1Cl)N1CCN(c2cc(N3CCOCC3)ncn2)CC1. The Morgan fingerprint density at radius 2 is 1.61 bits per heavy atom. The normalized spacial score (nSPS) is 17.7. The van der Waals surface area contributed by atoms with Crippen LogP contribution in [-0.4, -0.2) is 73.3 Å². The van der Waals surface area contributed by atoms with Gasteiger partial charge in [0.1, 0.15) is 23.8 Å². The summed E-state index contributed by atoms with van der Waals surface area (Å²) in [6.07, 6.45) is 1.58. The summed E-state index contributed by atoms with van der Waals surface area (Å²) in [5.41, 5.74) is 0.327. The fourth-order valence-corrected chi connectivity index (χ4v) is 3.70. The van der Waals surface area contributed by atoms with Gasteiger partial charge in [0, 0.05) is 45.3 Å². The van der Waals surface area contributed by atoms with Crippen LogP contribution in [-0.2, 0) is 4.74 Å². The van der Waals surface area contributed by atoms with Gasteiger partial charge in [-0.05, 0) is 18.2 Å². The molecule has 2 aromatic rings. The number of piperazine rings is 1. The van der Waals surface area contributed by atoms with Gasteiger partial charge in [0.2, 0.25) is 0 Å². The lowest BCUT2D eigenvalue weighted by atomic mass is 10.1. The van der Waals surface area contributed by atoms with Crippen LogP contribution in [0.3, 0.4) is 0 Å². The number of hydrogen-bond acceptors (Lipinski definition) is 6. The molecule has 2 aliphatic rings. The Hall–Kier alpha value is -2.45. The second-order valence-electron chi connectivity index (χ2n) is 6.74. The lowest BCUT2D eigenvalue weighted by Gasteiger charge is -2.36. The molecule has 4 rings (SSSR count). The van der Waals surface area contributed by atoms with E-state index in [4.69, 9.17) is 16.3 Å². The number of benzene rings is 1. The predicted molar refractivity (Wildman–Crippen MR) is 105 cm³/mol. The summed E-state index contributed by atoms with van der Waals surface area (Å²) >= 11 is 6.03. The van der Waals surface area contributed by atoms with E-state index in [0.29, 0.717) is 45.0 Å². The first kappa shape index (κ1) is 18.9. The smallest absolute Gasteiger partial charge is 0.255 e. The van der Waals surface area contributed by atoms with Gasteiger partial charge in [-0.1, -0.05) is 11.6 Å². The molecule has 2 fully saturated rings. The van der Waals surface area contributed by atoms with Crippen molar-refractivity contribution in [1.82, 2.24) is 14.9 Å². The van der Waals surface area contributed by atoms with Crippen LogP contribution >= 0.6 is 11.6 Å². The van der Waals surface area contributed by atoms with Crippen LogP contribution < -0.4 is 9.80 Å². The van der Waals surface area contributed by atoms with Crippen molar-refractivity contribution in [3.63, 3.8) is 0 Å². The van der Waals surface area contributed by atoms with E-state index in [0.717, 1.165) is 24.7 Å². The van der Waals surface area contributed by atoms with Crippen molar-refractivity contribution in [2.45, 2.75) is 0 Å². The average molecular weight is 406 g/mol. The zero-order valence-corrected chi connectivity index (χ0v) is 16.1. The third kappa shape index (κ3) is 4.02. The highest BCUT2D eigenvalue weighted by Gasteiger charge is 2.25. The first-order chi connectivity index (χ1) is 13.6. The van der Waals surface area contributed by atoms with E-state index >= 15 is 0 Å². The third-order valence-corrected chi connectivity index (χ3v) is 5.34. The molecule has 0 bridgehead atoms. The van der Waals surface area contributed by atoms with Gasteiger partial charge in [-0.3, -0.25) is 4.79 Å². The zero-order valence-electron chi connectivity index (χ0n) is 15.4. The molecule has 1 aromatic heterocycles. The van der Waals surface area contributed by atoms with Crippen LogP contribution in [0.25, 0.3) is 0 Å². The van der Waals surface area contributed by atoms with Gasteiger partial charge in [0.05, 0.1) is 23.8 Å². The highest BCUT2D eigenvalue weighted by atomic mass is 35.5. The van der Waals surface area contributed by atoms with Gasteiger partial charge >= 0.3 is 0 Å². The van der Waals surface area contributed by atoms with Crippen LogP contribution in [0.2, 0.25) is 5.02 Å². The maximum absolute atomic E-state index is 13.2. The molecule has 0 saturated carbocycles. The molecule has 2 saturated heterocycles. The highest BCUT2D eigenvalue weighted by molar-refractivity contribution is 6.33. The van der Waals surface area contributed by atoms with Gasteiger partial charge in [-0.2, -0.15) is 0 Å². The van der Waals surface area contributed by atoms with Crippen LogP contribution in [0.5, 0.6) is 0 Å². The average Bonchev–Trinajstić information content (AvgIpc) is 2.74. The molecule has 0 aliphatic carbocycles. The number of amides is 1. The summed E-state index contributed by atoms with van der Waals surface area (Å²) in [6.45, 7) is 5.44.